The van der Waals surface area contributed by atoms with Crippen molar-refractivity contribution in [3.63, 3.8) is 0 Å². The zero-order chi connectivity index (χ0) is 13.9. The number of rotatable bonds is 1. The summed E-state index contributed by atoms with van der Waals surface area (Å²) >= 11 is 0. The number of hydrogen-bond acceptors (Lipinski definition) is 0. The molecule has 0 aliphatic heterocycles. The van der Waals surface area contributed by atoms with Gasteiger partial charge in [0, 0.05) is 28.6 Å². The highest BCUT2D eigenvalue weighted by atomic mass is 28.3. The van der Waals surface area contributed by atoms with E-state index in [9.17, 15) is 0 Å². The first kappa shape index (κ1) is 12.0. The Hall–Kier alpha value is -1.80. The molecule has 1 heterocycles. The van der Waals surface area contributed by atoms with E-state index in [-0.39, 0.29) is 0 Å². The molecule has 1 radical (unpaired) electrons. The summed E-state index contributed by atoms with van der Waals surface area (Å²) in [5.41, 5.74) is 8.73. The third kappa shape index (κ3) is 1.48. The summed E-state index contributed by atoms with van der Waals surface area (Å²) in [6, 6.07) is 15.8. The normalized spacial score (nSPS) is 13.0. The topological polar surface area (TPSA) is 4.93 Å². The fraction of sp³-hybridized carbons (Fsp3) is 0.222. The molecule has 4 rings (SSSR count). The smallest absolute Gasteiger partial charge is 0.169 e. The van der Waals surface area contributed by atoms with Gasteiger partial charge in [-0.2, -0.15) is 0 Å². The highest BCUT2D eigenvalue weighted by molar-refractivity contribution is 6.55. The van der Waals surface area contributed by atoms with E-state index in [4.69, 9.17) is 0 Å². The molecule has 0 N–H and O–H groups in total. The third-order valence-electron chi connectivity index (χ3n) is 4.31. The molecule has 1 aliphatic carbocycles. The Labute approximate surface area is 121 Å². The summed E-state index contributed by atoms with van der Waals surface area (Å²) in [6.07, 6.45) is 1.09. The van der Waals surface area contributed by atoms with Gasteiger partial charge < -0.3 is 4.23 Å². The molecule has 0 saturated heterocycles. The van der Waals surface area contributed by atoms with Crippen molar-refractivity contribution in [3.05, 3.63) is 59.3 Å². The van der Waals surface area contributed by atoms with Crippen LogP contribution in [-0.2, 0) is 6.42 Å². The van der Waals surface area contributed by atoms with Crippen LogP contribution in [0.5, 0.6) is 0 Å². The van der Waals surface area contributed by atoms with Crippen LogP contribution < -0.4 is 0 Å². The SMILES string of the molecule is Cc1ccc2c(c1)c1c(n2[Si](C)C)Cc2ccccc2-1. The Morgan fingerprint density at radius 3 is 2.65 bits per heavy atom. The zero-order valence-corrected chi connectivity index (χ0v) is 13.2. The van der Waals surface area contributed by atoms with Crippen LogP contribution in [-0.4, -0.2) is 13.2 Å². The molecule has 0 saturated carbocycles. The average molecular weight is 276 g/mol. The van der Waals surface area contributed by atoms with Gasteiger partial charge in [0.2, 0.25) is 0 Å². The summed E-state index contributed by atoms with van der Waals surface area (Å²) < 4.78 is 2.62. The average Bonchev–Trinajstić information content (AvgIpc) is 2.92. The lowest BCUT2D eigenvalue weighted by molar-refractivity contribution is 1.08. The summed E-state index contributed by atoms with van der Waals surface area (Å²) in [5, 5.41) is 1.44. The van der Waals surface area contributed by atoms with E-state index in [1.54, 1.807) is 0 Å². The molecule has 0 spiro atoms. The molecule has 0 unspecified atom stereocenters. The van der Waals surface area contributed by atoms with Crippen LogP contribution in [0.25, 0.3) is 22.0 Å². The molecular formula is C18H18NSi. The number of hydrogen-bond donors (Lipinski definition) is 0. The predicted octanol–water partition coefficient (Wildman–Crippen LogP) is 4.62. The van der Waals surface area contributed by atoms with Gasteiger partial charge in [0.05, 0.1) is 0 Å². The molecule has 0 bridgehead atoms. The van der Waals surface area contributed by atoms with Crippen LogP contribution in [0, 0.1) is 6.92 Å². The maximum atomic E-state index is 2.62. The highest BCUT2D eigenvalue weighted by Crippen LogP contribution is 2.43. The van der Waals surface area contributed by atoms with Crippen LogP contribution >= 0.6 is 0 Å². The standard InChI is InChI=1S/C18H18NSi/c1-12-8-9-16-15(10-12)18-14-7-5-4-6-13(14)11-17(18)19(16)20(2)3/h4-10H,11H2,1-3H3. The van der Waals surface area contributed by atoms with Gasteiger partial charge in [-0.15, -0.1) is 0 Å². The minimum Gasteiger partial charge on any atom is -0.371 e. The first-order chi connectivity index (χ1) is 9.66. The summed E-state index contributed by atoms with van der Waals surface area (Å²) in [7, 11) is -0.531. The lowest BCUT2D eigenvalue weighted by atomic mass is 10.0. The van der Waals surface area contributed by atoms with Gasteiger partial charge in [-0.1, -0.05) is 49.0 Å². The van der Waals surface area contributed by atoms with Crippen LogP contribution in [0.2, 0.25) is 13.1 Å². The van der Waals surface area contributed by atoms with E-state index in [1.807, 2.05) is 0 Å². The van der Waals surface area contributed by atoms with Crippen molar-refractivity contribution < 1.29 is 0 Å². The molecule has 2 heteroatoms. The Morgan fingerprint density at radius 2 is 1.85 bits per heavy atom. The van der Waals surface area contributed by atoms with Gasteiger partial charge in [-0.05, 0) is 30.2 Å². The van der Waals surface area contributed by atoms with E-state index in [0.717, 1.165) is 6.42 Å². The van der Waals surface area contributed by atoms with Crippen molar-refractivity contribution >= 4 is 19.9 Å². The molecule has 0 fully saturated rings. The van der Waals surface area contributed by atoms with E-state index in [0.29, 0.717) is 0 Å². The van der Waals surface area contributed by atoms with E-state index in [2.05, 4.69) is 66.7 Å². The number of benzene rings is 2. The van der Waals surface area contributed by atoms with Gasteiger partial charge in [0.25, 0.3) is 0 Å². The van der Waals surface area contributed by atoms with Crippen molar-refractivity contribution in [3.8, 4) is 11.1 Å². The zero-order valence-electron chi connectivity index (χ0n) is 12.2. The number of nitrogens with zero attached hydrogens (tertiary/aromatic N) is 1. The van der Waals surface area contributed by atoms with Crippen LogP contribution in [0.4, 0.5) is 0 Å². The Bertz CT molecular complexity index is 827. The summed E-state index contributed by atoms with van der Waals surface area (Å²) in [6.45, 7) is 6.95. The molecular weight excluding hydrogens is 258 g/mol. The monoisotopic (exact) mass is 276 g/mol. The van der Waals surface area contributed by atoms with Gasteiger partial charge in [-0.3, -0.25) is 0 Å². The highest BCUT2D eigenvalue weighted by Gasteiger charge is 2.27. The summed E-state index contributed by atoms with van der Waals surface area (Å²) in [4.78, 5) is 0. The van der Waals surface area contributed by atoms with Crippen molar-refractivity contribution in [2.24, 2.45) is 0 Å². The van der Waals surface area contributed by atoms with Gasteiger partial charge in [0.1, 0.15) is 0 Å². The quantitative estimate of drug-likeness (QED) is 0.447. The Kier molecular flexibility index (Phi) is 2.45. The number of fused-ring (bicyclic) bond motifs is 5. The van der Waals surface area contributed by atoms with E-state index < -0.39 is 8.96 Å². The van der Waals surface area contributed by atoms with Gasteiger partial charge >= 0.3 is 0 Å². The molecule has 1 nitrogen and oxygen atoms in total. The van der Waals surface area contributed by atoms with Gasteiger partial charge in [0.15, 0.2) is 8.96 Å². The molecule has 0 atom stereocenters. The number of aromatic nitrogens is 1. The fourth-order valence-electron chi connectivity index (χ4n) is 3.54. The van der Waals surface area contributed by atoms with Crippen molar-refractivity contribution in [2.45, 2.75) is 26.4 Å². The Balaban J connectivity index is 2.16. The lowest BCUT2D eigenvalue weighted by Crippen LogP contribution is -2.17. The maximum Gasteiger partial charge on any atom is 0.169 e. The molecule has 2 aromatic carbocycles. The summed E-state index contributed by atoms with van der Waals surface area (Å²) in [5.74, 6) is 0. The van der Waals surface area contributed by atoms with E-state index >= 15 is 0 Å². The second-order valence-electron chi connectivity index (χ2n) is 5.96. The molecule has 0 amide bonds. The van der Waals surface area contributed by atoms with Crippen LogP contribution in [0.3, 0.4) is 0 Å². The largest absolute Gasteiger partial charge is 0.371 e. The lowest BCUT2D eigenvalue weighted by Gasteiger charge is -2.12. The maximum absolute atomic E-state index is 2.62. The first-order valence-corrected chi connectivity index (χ1v) is 9.64. The molecule has 1 aromatic heterocycles. The minimum atomic E-state index is -0.531. The van der Waals surface area contributed by atoms with Crippen molar-refractivity contribution in [2.75, 3.05) is 0 Å². The fourth-order valence-corrected chi connectivity index (χ4v) is 4.94. The number of aryl methyl sites for hydroxylation is 1. The third-order valence-corrected chi connectivity index (χ3v) is 5.72. The van der Waals surface area contributed by atoms with Crippen molar-refractivity contribution in [1.29, 1.82) is 0 Å². The molecule has 99 valence electrons. The van der Waals surface area contributed by atoms with Gasteiger partial charge in [-0.25, -0.2) is 0 Å². The molecule has 3 aromatic rings. The molecule has 1 aliphatic rings. The van der Waals surface area contributed by atoms with Crippen LogP contribution in [0.1, 0.15) is 16.8 Å². The second kappa shape index (κ2) is 4.09. The molecule has 20 heavy (non-hydrogen) atoms. The predicted molar refractivity (Wildman–Crippen MR) is 87.8 cm³/mol. The Morgan fingerprint density at radius 1 is 1.05 bits per heavy atom. The minimum absolute atomic E-state index is 0.531. The van der Waals surface area contributed by atoms with Crippen LogP contribution in [0.15, 0.2) is 42.5 Å². The second-order valence-corrected chi connectivity index (χ2v) is 8.30. The van der Waals surface area contributed by atoms with Crippen molar-refractivity contribution in [1.82, 2.24) is 4.23 Å². The first-order valence-electron chi connectivity index (χ1n) is 7.19. The van der Waals surface area contributed by atoms with E-state index in [1.165, 1.54) is 38.9 Å².